The van der Waals surface area contributed by atoms with E-state index in [1.807, 2.05) is 0 Å². The van der Waals surface area contributed by atoms with E-state index in [0.717, 1.165) is 12.8 Å². The van der Waals surface area contributed by atoms with Crippen molar-refractivity contribution in [3.05, 3.63) is 47.6 Å². The average Bonchev–Trinajstić information content (AvgIpc) is 2.63. The fraction of sp³-hybridized carbons (Fsp3) is 0.333. The molecular weight excluding hydrogens is 235 g/mol. The van der Waals surface area contributed by atoms with Gasteiger partial charge in [0.1, 0.15) is 0 Å². The Kier molecular flexibility index (Phi) is 7.18. The second-order valence-corrected chi connectivity index (χ2v) is 2.93. The molecular formula is C12H16Zr. The van der Waals surface area contributed by atoms with Gasteiger partial charge in [0.15, 0.2) is 0 Å². The Morgan fingerprint density at radius 2 is 1.38 bits per heavy atom. The molecule has 0 bridgehead atoms. The van der Waals surface area contributed by atoms with Crippen LogP contribution in [-0.2, 0) is 26.2 Å². The maximum absolute atomic E-state index is 3.12. The summed E-state index contributed by atoms with van der Waals surface area (Å²) in [4.78, 5) is 0. The van der Waals surface area contributed by atoms with E-state index in [9.17, 15) is 0 Å². The topological polar surface area (TPSA) is 0 Å². The molecule has 0 nitrogen and oxygen atoms in total. The zero-order valence-corrected chi connectivity index (χ0v) is 10.7. The SMILES string of the molecule is CC1=[C-]CC=C1.CC1=[C-]CC=C1.[H-].[H-].[Zr+4]. The largest absolute Gasteiger partial charge is 4.00 e. The monoisotopic (exact) mass is 250 g/mol. The van der Waals surface area contributed by atoms with E-state index >= 15 is 0 Å². The molecule has 0 aliphatic heterocycles. The summed E-state index contributed by atoms with van der Waals surface area (Å²) in [5, 5.41) is 0. The van der Waals surface area contributed by atoms with Crippen LogP contribution in [0.25, 0.3) is 0 Å². The first-order valence-corrected chi connectivity index (χ1v) is 4.27. The van der Waals surface area contributed by atoms with Crippen LogP contribution in [0.15, 0.2) is 35.5 Å². The van der Waals surface area contributed by atoms with Crippen LogP contribution in [-0.4, -0.2) is 0 Å². The minimum Gasteiger partial charge on any atom is -1.00 e. The molecule has 0 N–H and O–H groups in total. The summed E-state index contributed by atoms with van der Waals surface area (Å²) in [7, 11) is 0. The molecule has 0 radical (unpaired) electrons. The summed E-state index contributed by atoms with van der Waals surface area (Å²) in [5.41, 5.74) is 2.55. The van der Waals surface area contributed by atoms with E-state index in [-0.39, 0.29) is 29.1 Å². The zero-order chi connectivity index (χ0) is 8.81. The first-order valence-electron chi connectivity index (χ1n) is 4.27. The summed E-state index contributed by atoms with van der Waals surface area (Å²) >= 11 is 0. The summed E-state index contributed by atoms with van der Waals surface area (Å²) in [6, 6.07) is 0. The van der Waals surface area contributed by atoms with Crippen molar-refractivity contribution in [1.29, 1.82) is 0 Å². The van der Waals surface area contributed by atoms with Gasteiger partial charge in [0.05, 0.1) is 0 Å². The quantitative estimate of drug-likeness (QED) is 0.577. The summed E-state index contributed by atoms with van der Waals surface area (Å²) in [6.45, 7) is 4.12. The smallest absolute Gasteiger partial charge is 1.00 e. The van der Waals surface area contributed by atoms with E-state index in [1.165, 1.54) is 11.1 Å². The molecule has 0 aromatic heterocycles. The molecule has 1 heteroatoms. The summed E-state index contributed by atoms with van der Waals surface area (Å²) < 4.78 is 0. The Morgan fingerprint density at radius 1 is 1.00 bits per heavy atom. The fourth-order valence-corrected chi connectivity index (χ4v) is 1.03. The van der Waals surface area contributed by atoms with Crippen molar-refractivity contribution in [2.75, 3.05) is 0 Å². The molecule has 0 aromatic carbocycles. The van der Waals surface area contributed by atoms with Gasteiger partial charge in [0.2, 0.25) is 0 Å². The second kappa shape index (κ2) is 7.27. The van der Waals surface area contributed by atoms with Gasteiger partial charge >= 0.3 is 26.2 Å². The van der Waals surface area contributed by atoms with Crippen molar-refractivity contribution in [2.24, 2.45) is 0 Å². The molecule has 0 aromatic rings. The van der Waals surface area contributed by atoms with Crippen LogP contribution in [0.5, 0.6) is 0 Å². The van der Waals surface area contributed by atoms with Gasteiger partial charge in [-0.1, -0.05) is 13.8 Å². The molecule has 13 heavy (non-hydrogen) atoms. The Hall–Kier alpha value is -0.157. The maximum Gasteiger partial charge on any atom is 4.00 e. The fourth-order valence-electron chi connectivity index (χ4n) is 1.03. The van der Waals surface area contributed by atoms with Crippen LogP contribution in [0, 0.1) is 12.2 Å². The number of hydrogen-bond donors (Lipinski definition) is 0. The number of hydrogen-bond acceptors (Lipinski definition) is 0. The van der Waals surface area contributed by atoms with Crippen LogP contribution in [0.1, 0.15) is 29.5 Å². The van der Waals surface area contributed by atoms with Gasteiger partial charge in [0.25, 0.3) is 0 Å². The van der Waals surface area contributed by atoms with Crippen molar-refractivity contribution < 1.29 is 29.1 Å². The average molecular weight is 251 g/mol. The molecule has 2 rings (SSSR count). The van der Waals surface area contributed by atoms with Crippen LogP contribution in [0.3, 0.4) is 0 Å². The van der Waals surface area contributed by atoms with Crippen LogP contribution < -0.4 is 0 Å². The van der Waals surface area contributed by atoms with E-state index < -0.39 is 0 Å². The molecule has 0 fully saturated rings. The normalized spacial score (nSPS) is 17.1. The van der Waals surface area contributed by atoms with Crippen molar-refractivity contribution in [3.63, 3.8) is 0 Å². The van der Waals surface area contributed by atoms with Crippen LogP contribution >= 0.6 is 0 Å². The van der Waals surface area contributed by atoms with E-state index in [1.54, 1.807) is 0 Å². The molecule has 2 aliphatic carbocycles. The van der Waals surface area contributed by atoms with E-state index in [4.69, 9.17) is 0 Å². The van der Waals surface area contributed by atoms with Gasteiger partial charge in [-0.2, -0.15) is 12.2 Å². The molecule has 0 heterocycles. The molecule has 2 aliphatic rings. The summed E-state index contributed by atoms with van der Waals surface area (Å²) in [6.07, 6.45) is 16.7. The van der Waals surface area contributed by atoms with Gasteiger partial charge in [-0.25, -0.2) is 23.3 Å². The number of rotatable bonds is 0. The Morgan fingerprint density at radius 3 is 1.46 bits per heavy atom. The molecule has 0 saturated heterocycles. The van der Waals surface area contributed by atoms with Crippen molar-refractivity contribution >= 4 is 0 Å². The third kappa shape index (κ3) is 5.99. The van der Waals surface area contributed by atoms with Crippen molar-refractivity contribution in [2.45, 2.75) is 26.7 Å². The molecule has 68 valence electrons. The van der Waals surface area contributed by atoms with Crippen LogP contribution in [0.4, 0.5) is 0 Å². The van der Waals surface area contributed by atoms with Gasteiger partial charge in [-0.3, -0.25) is 12.2 Å². The molecule has 0 unspecified atom stereocenters. The second-order valence-electron chi connectivity index (χ2n) is 2.93. The predicted octanol–water partition coefficient (Wildman–Crippen LogP) is 3.61. The van der Waals surface area contributed by atoms with Gasteiger partial charge in [0, 0.05) is 0 Å². The zero-order valence-electron chi connectivity index (χ0n) is 10.2. The first-order chi connectivity index (χ1) is 5.79. The molecule has 0 spiro atoms. The maximum atomic E-state index is 3.12. The molecule has 0 saturated carbocycles. The first kappa shape index (κ1) is 12.8. The molecule has 0 atom stereocenters. The third-order valence-electron chi connectivity index (χ3n) is 1.73. The summed E-state index contributed by atoms with van der Waals surface area (Å²) in [5.74, 6) is 0. The van der Waals surface area contributed by atoms with Crippen molar-refractivity contribution in [1.82, 2.24) is 0 Å². The Bertz CT molecular complexity index is 229. The van der Waals surface area contributed by atoms with E-state index in [2.05, 4.69) is 50.3 Å². The Balaban J connectivity index is -0.000000160. The minimum absolute atomic E-state index is 0. The van der Waals surface area contributed by atoms with E-state index in [0.29, 0.717) is 0 Å². The predicted molar refractivity (Wildman–Crippen MR) is 54.6 cm³/mol. The minimum atomic E-state index is 0. The van der Waals surface area contributed by atoms with Crippen LogP contribution in [0.2, 0.25) is 0 Å². The molecule has 0 amide bonds. The van der Waals surface area contributed by atoms with Crippen molar-refractivity contribution in [3.8, 4) is 0 Å². The van der Waals surface area contributed by atoms with Gasteiger partial charge in [-0.05, 0) is 0 Å². The van der Waals surface area contributed by atoms with Gasteiger partial charge in [-0.15, -0.1) is 12.8 Å². The van der Waals surface area contributed by atoms with Gasteiger partial charge < -0.3 is 2.85 Å². The number of allylic oxidation sites excluding steroid dienone is 8. The standard InChI is InChI=1S/2C6H7.Zr.2H/c2*1-6-4-2-3-5-6;;;/h2*2,4H,3H2,1H3;;;/q2*-1;+4;2*-1. The Labute approximate surface area is 103 Å². The third-order valence-corrected chi connectivity index (χ3v) is 1.73.